The summed E-state index contributed by atoms with van der Waals surface area (Å²) in [6.45, 7) is 0. The zero-order valence-corrected chi connectivity index (χ0v) is 12.8. The van der Waals surface area contributed by atoms with Gasteiger partial charge in [-0.05, 0) is 53.8 Å². The Kier molecular flexibility index (Phi) is 3.31. The molecule has 4 heteroatoms. The lowest BCUT2D eigenvalue weighted by Gasteiger charge is -2.13. The molecule has 0 saturated heterocycles. The van der Waals surface area contributed by atoms with E-state index in [4.69, 9.17) is 0 Å². The largest absolute Gasteiger partial charge is 0.294 e. The maximum absolute atomic E-state index is 12.5. The highest BCUT2D eigenvalue weighted by Gasteiger charge is 2.27. The smallest absolute Gasteiger partial charge is 0.164 e. The number of hydrogen-bond donors (Lipinski definition) is 0. The molecular weight excluding hydrogens is 292 g/mol. The third-order valence-electron chi connectivity index (χ3n) is 4.00. The van der Waals surface area contributed by atoms with Crippen molar-refractivity contribution in [3.8, 4) is 20.9 Å². The molecular formula is C18H14N2OS. The van der Waals surface area contributed by atoms with E-state index in [-0.39, 0.29) is 5.78 Å². The van der Waals surface area contributed by atoms with Gasteiger partial charge in [0, 0.05) is 46.5 Å². The maximum atomic E-state index is 12.5. The van der Waals surface area contributed by atoms with Crippen molar-refractivity contribution in [3.63, 3.8) is 0 Å². The van der Waals surface area contributed by atoms with Gasteiger partial charge < -0.3 is 0 Å². The SMILES string of the molecule is O=C1CCCc2c(-c3ccncc3)sc(-c3ccncc3)c21. The average molecular weight is 306 g/mol. The molecule has 0 fully saturated rings. The molecule has 0 unspecified atom stereocenters. The molecule has 0 N–H and O–H groups in total. The summed E-state index contributed by atoms with van der Waals surface area (Å²) < 4.78 is 0. The molecule has 3 aromatic heterocycles. The van der Waals surface area contributed by atoms with Crippen LogP contribution in [-0.4, -0.2) is 15.8 Å². The van der Waals surface area contributed by atoms with Gasteiger partial charge in [0.05, 0.1) is 0 Å². The fourth-order valence-electron chi connectivity index (χ4n) is 2.99. The van der Waals surface area contributed by atoms with E-state index >= 15 is 0 Å². The van der Waals surface area contributed by atoms with E-state index in [1.165, 1.54) is 10.4 Å². The van der Waals surface area contributed by atoms with Gasteiger partial charge in [-0.25, -0.2) is 0 Å². The number of rotatable bonds is 2. The lowest BCUT2D eigenvalue weighted by atomic mass is 9.88. The van der Waals surface area contributed by atoms with Gasteiger partial charge in [0.2, 0.25) is 0 Å². The van der Waals surface area contributed by atoms with Gasteiger partial charge in [-0.3, -0.25) is 14.8 Å². The van der Waals surface area contributed by atoms with Gasteiger partial charge in [0.15, 0.2) is 5.78 Å². The number of thiophene rings is 1. The molecule has 1 aliphatic carbocycles. The molecule has 0 aromatic carbocycles. The molecule has 0 amide bonds. The summed E-state index contributed by atoms with van der Waals surface area (Å²) in [7, 11) is 0. The number of Topliss-reactive ketones (excluding diaryl/α,β-unsaturated/α-hetero) is 1. The molecule has 108 valence electrons. The molecule has 0 spiro atoms. The third kappa shape index (κ3) is 2.16. The highest BCUT2D eigenvalue weighted by Crippen LogP contribution is 2.45. The Morgan fingerprint density at radius 3 is 2.05 bits per heavy atom. The van der Waals surface area contributed by atoms with E-state index < -0.39 is 0 Å². The average Bonchev–Trinajstić information content (AvgIpc) is 2.98. The Morgan fingerprint density at radius 2 is 1.41 bits per heavy atom. The van der Waals surface area contributed by atoms with Crippen molar-refractivity contribution in [2.75, 3.05) is 0 Å². The first-order valence-electron chi connectivity index (χ1n) is 7.34. The van der Waals surface area contributed by atoms with Crippen molar-refractivity contribution < 1.29 is 4.79 Å². The Balaban J connectivity index is 1.97. The molecule has 0 radical (unpaired) electrons. The monoisotopic (exact) mass is 306 g/mol. The second-order valence-electron chi connectivity index (χ2n) is 5.36. The number of fused-ring (bicyclic) bond motifs is 1. The molecule has 0 bridgehead atoms. The molecule has 3 nitrogen and oxygen atoms in total. The molecule has 22 heavy (non-hydrogen) atoms. The van der Waals surface area contributed by atoms with Crippen LogP contribution in [0.3, 0.4) is 0 Å². The first kappa shape index (κ1) is 13.3. The molecule has 0 aliphatic heterocycles. The molecule has 4 rings (SSSR count). The van der Waals surface area contributed by atoms with Crippen LogP contribution in [0, 0.1) is 0 Å². The first-order chi connectivity index (χ1) is 10.8. The zero-order chi connectivity index (χ0) is 14.9. The van der Waals surface area contributed by atoms with E-state index in [0.717, 1.165) is 34.4 Å². The van der Waals surface area contributed by atoms with Crippen molar-refractivity contribution in [3.05, 3.63) is 60.2 Å². The lowest BCUT2D eigenvalue weighted by molar-refractivity contribution is 0.0974. The summed E-state index contributed by atoms with van der Waals surface area (Å²) in [6.07, 6.45) is 9.73. The minimum absolute atomic E-state index is 0.268. The van der Waals surface area contributed by atoms with Crippen LogP contribution in [0.15, 0.2) is 49.1 Å². The van der Waals surface area contributed by atoms with Crippen LogP contribution in [-0.2, 0) is 6.42 Å². The molecule has 3 aromatic rings. The minimum atomic E-state index is 0.268. The van der Waals surface area contributed by atoms with Crippen LogP contribution in [0.4, 0.5) is 0 Å². The number of carbonyl (C=O) groups excluding carboxylic acids is 1. The number of hydrogen-bond acceptors (Lipinski definition) is 4. The summed E-state index contributed by atoms with van der Waals surface area (Å²) in [5, 5.41) is 0. The van der Waals surface area contributed by atoms with E-state index in [9.17, 15) is 4.79 Å². The topological polar surface area (TPSA) is 42.9 Å². The number of nitrogens with zero attached hydrogens (tertiary/aromatic N) is 2. The number of pyridine rings is 2. The van der Waals surface area contributed by atoms with Crippen molar-refractivity contribution >= 4 is 17.1 Å². The Bertz CT molecular complexity index is 825. The summed E-state index contributed by atoms with van der Waals surface area (Å²) in [5.41, 5.74) is 4.35. The van der Waals surface area contributed by atoms with Crippen molar-refractivity contribution in [1.29, 1.82) is 0 Å². The number of ketones is 1. The van der Waals surface area contributed by atoms with Crippen molar-refractivity contribution in [1.82, 2.24) is 9.97 Å². The predicted molar refractivity (Wildman–Crippen MR) is 88.0 cm³/mol. The lowest BCUT2D eigenvalue weighted by Crippen LogP contribution is -2.09. The van der Waals surface area contributed by atoms with Crippen LogP contribution >= 0.6 is 11.3 Å². The first-order valence-corrected chi connectivity index (χ1v) is 8.16. The van der Waals surface area contributed by atoms with Gasteiger partial charge in [0.25, 0.3) is 0 Å². The molecule has 3 heterocycles. The van der Waals surface area contributed by atoms with Crippen LogP contribution in [0.5, 0.6) is 0 Å². The predicted octanol–water partition coefficient (Wildman–Crippen LogP) is 4.39. The van der Waals surface area contributed by atoms with Gasteiger partial charge in [-0.15, -0.1) is 11.3 Å². The van der Waals surface area contributed by atoms with Gasteiger partial charge in [-0.1, -0.05) is 0 Å². The van der Waals surface area contributed by atoms with Crippen molar-refractivity contribution in [2.24, 2.45) is 0 Å². The fourth-order valence-corrected chi connectivity index (χ4v) is 4.37. The highest BCUT2D eigenvalue weighted by molar-refractivity contribution is 7.19. The van der Waals surface area contributed by atoms with E-state index in [1.54, 1.807) is 36.1 Å². The molecule has 0 saturated carbocycles. The highest BCUT2D eigenvalue weighted by atomic mass is 32.1. The number of carbonyl (C=O) groups is 1. The normalized spacial score (nSPS) is 13.9. The van der Waals surface area contributed by atoms with Crippen LogP contribution < -0.4 is 0 Å². The van der Waals surface area contributed by atoms with Gasteiger partial charge >= 0.3 is 0 Å². The van der Waals surface area contributed by atoms with Crippen LogP contribution in [0.2, 0.25) is 0 Å². The van der Waals surface area contributed by atoms with Gasteiger partial charge in [-0.2, -0.15) is 0 Å². The minimum Gasteiger partial charge on any atom is -0.294 e. The summed E-state index contributed by atoms with van der Waals surface area (Å²) in [5.74, 6) is 0.268. The Hall–Kier alpha value is -2.33. The summed E-state index contributed by atoms with van der Waals surface area (Å²) in [4.78, 5) is 23.0. The van der Waals surface area contributed by atoms with Crippen molar-refractivity contribution in [2.45, 2.75) is 19.3 Å². The fraction of sp³-hybridized carbons (Fsp3) is 0.167. The second kappa shape index (κ2) is 5.46. The molecule has 1 aliphatic rings. The van der Waals surface area contributed by atoms with Crippen LogP contribution in [0.25, 0.3) is 20.9 Å². The van der Waals surface area contributed by atoms with Gasteiger partial charge in [0.1, 0.15) is 0 Å². The van der Waals surface area contributed by atoms with Crippen LogP contribution in [0.1, 0.15) is 28.8 Å². The Labute approximate surface area is 132 Å². The quantitative estimate of drug-likeness (QED) is 0.705. The Morgan fingerprint density at radius 1 is 0.818 bits per heavy atom. The second-order valence-corrected chi connectivity index (χ2v) is 6.38. The summed E-state index contributed by atoms with van der Waals surface area (Å²) in [6, 6.07) is 7.98. The van der Waals surface area contributed by atoms with E-state index in [1.807, 2.05) is 24.3 Å². The third-order valence-corrected chi connectivity index (χ3v) is 5.33. The zero-order valence-electron chi connectivity index (χ0n) is 12.0. The summed E-state index contributed by atoms with van der Waals surface area (Å²) >= 11 is 1.71. The standard InChI is InChI=1S/C18H14N2OS/c21-15-3-1-2-14-16(15)18(13-6-10-20-11-7-13)22-17(14)12-4-8-19-9-5-12/h4-11H,1-3H2. The molecule has 0 atom stereocenters. The maximum Gasteiger partial charge on any atom is 0.164 e. The number of aromatic nitrogens is 2. The van der Waals surface area contributed by atoms with E-state index in [0.29, 0.717) is 6.42 Å². The van der Waals surface area contributed by atoms with E-state index in [2.05, 4.69) is 9.97 Å².